The Hall–Kier alpha value is -2.34. The maximum atomic E-state index is 12.1. The summed E-state index contributed by atoms with van der Waals surface area (Å²) in [4.78, 5) is 12.1. The second kappa shape index (κ2) is 6.62. The number of nitrogens with one attached hydrogen (secondary N) is 2. The van der Waals surface area contributed by atoms with E-state index >= 15 is 0 Å². The number of benzene rings is 1. The summed E-state index contributed by atoms with van der Waals surface area (Å²) in [7, 11) is 1.65. The maximum absolute atomic E-state index is 12.1. The number of hydrogen-bond donors (Lipinski definition) is 2. The highest BCUT2D eigenvalue weighted by Crippen LogP contribution is 2.12. The molecule has 6 nitrogen and oxygen atoms in total. The first kappa shape index (κ1) is 14.6. The van der Waals surface area contributed by atoms with Crippen LogP contribution in [0, 0.1) is 0 Å². The number of ether oxygens (including phenoxy) is 1. The van der Waals surface area contributed by atoms with Gasteiger partial charge >= 0.3 is 0 Å². The number of nitrogens with zero attached hydrogens (tertiary/aromatic N) is 2. The molecule has 2 aromatic rings. The molecule has 1 saturated heterocycles. The van der Waals surface area contributed by atoms with E-state index in [1.807, 2.05) is 24.3 Å². The minimum Gasteiger partial charge on any atom is -0.497 e. The zero-order chi connectivity index (χ0) is 15.4. The largest absolute Gasteiger partial charge is 0.497 e. The molecular formula is C16H20N4O2. The number of hydrogen-bond acceptors (Lipinski definition) is 4. The molecule has 1 aromatic heterocycles. The van der Waals surface area contributed by atoms with Gasteiger partial charge in [0.2, 0.25) is 0 Å². The Labute approximate surface area is 129 Å². The van der Waals surface area contributed by atoms with Crippen molar-refractivity contribution in [3.63, 3.8) is 0 Å². The molecule has 3 rings (SSSR count). The summed E-state index contributed by atoms with van der Waals surface area (Å²) in [6.07, 6.45) is 4.37. The third-order valence-corrected chi connectivity index (χ3v) is 3.79. The van der Waals surface area contributed by atoms with Crippen molar-refractivity contribution in [1.29, 1.82) is 0 Å². The molecule has 2 heterocycles. The molecule has 0 bridgehead atoms. The van der Waals surface area contributed by atoms with Crippen LogP contribution in [0.1, 0.15) is 22.3 Å². The van der Waals surface area contributed by atoms with E-state index in [2.05, 4.69) is 15.7 Å². The normalized spacial score (nSPS) is 17.4. The predicted octanol–water partition coefficient (Wildman–Crippen LogP) is 1.03. The Morgan fingerprint density at radius 1 is 1.45 bits per heavy atom. The van der Waals surface area contributed by atoms with Crippen molar-refractivity contribution < 1.29 is 9.53 Å². The molecule has 0 radical (unpaired) electrons. The highest BCUT2D eigenvalue weighted by atomic mass is 16.5. The number of aromatic nitrogens is 2. The molecule has 0 aliphatic carbocycles. The van der Waals surface area contributed by atoms with Crippen molar-refractivity contribution in [2.45, 2.75) is 19.0 Å². The molecule has 0 spiro atoms. The Kier molecular flexibility index (Phi) is 4.39. The lowest BCUT2D eigenvalue weighted by Crippen LogP contribution is -2.36. The zero-order valence-electron chi connectivity index (χ0n) is 12.6. The van der Waals surface area contributed by atoms with E-state index in [0.29, 0.717) is 12.1 Å². The fraction of sp³-hybridized carbons (Fsp3) is 0.375. The summed E-state index contributed by atoms with van der Waals surface area (Å²) in [6.45, 7) is 2.43. The summed E-state index contributed by atoms with van der Waals surface area (Å²) in [5.41, 5.74) is 1.70. The number of rotatable bonds is 5. The summed E-state index contributed by atoms with van der Waals surface area (Å²) >= 11 is 0. The summed E-state index contributed by atoms with van der Waals surface area (Å²) in [6, 6.07) is 8.03. The Morgan fingerprint density at radius 2 is 2.27 bits per heavy atom. The fourth-order valence-corrected chi connectivity index (χ4v) is 2.53. The van der Waals surface area contributed by atoms with Gasteiger partial charge in [-0.05, 0) is 30.7 Å². The quantitative estimate of drug-likeness (QED) is 0.865. The van der Waals surface area contributed by atoms with E-state index in [1.54, 1.807) is 24.2 Å². The number of carbonyl (C=O) groups is 1. The molecule has 0 saturated carbocycles. The van der Waals surface area contributed by atoms with Crippen LogP contribution in [0.25, 0.3) is 0 Å². The molecule has 116 valence electrons. The molecule has 1 fully saturated rings. The Morgan fingerprint density at radius 3 is 2.95 bits per heavy atom. The van der Waals surface area contributed by atoms with Crippen molar-refractivity contribution in [3.8, 4) is 5.75 Å². The van der Waals surface area contributed by atoms with Gasteiger partial charge in [-0.3, -0.25) is 9.48 Å². The third-order valence-electron chi connectivity index (χ3n) is 3.79. The maximum Gasteiger partial charge on any atom is 0.254 e. The monoisotopic (exact) mass is 300 g/mol. The van der Waals surface area contributed by atoms with Gasteiger partial charge in [0.1, 0.15) is 5.75 Å². The van der Waals surface area contributed by atoms with E-state index in [-0.39, 0.29) is 11.9 Å². The van der Waals surface area contributed by atoms with Crippen molar-refractivity contribution in [2.75, 3.05) is 20.2 Å². The highest BCUT2D eigenvalue weighted by Gasteiger charge is 2.18. The van der Waals surface area contributed by atoms with Gasteiger partial charge in [-0.15, -0.1) is 0 Å². The van der Waals surface area contributed by atoms with Crippen LogP contribution in [-0.4, -0.2) is 41.9 Å². The Balaban J connectivity index is 1.61. The van der Waals surface area contributed by atoms with Gasteiger partial charge in [0.15, 0.2) is 0 Å². The smallest absolute Gasteiger partial charge is 0.254 e. The second-order valence-corrected chi connectivity index (χ2v) is 5.44. The van der Waals surface area contributed by atoms with Gasteiger partial charge in [-0.2, -0.15) is 5.10 Å². The van der Waals surface area contributed by atoms with Crippen molar-refractivity contribution >= 4 is 5.91 Å². The minimum atomic E-state index is -0.0605. The van der Waals surface area contributed by atoms with E-state index in [1.165, 1.54) is 0 Å². The third kappa shape index (κ3) is 3.46. The molecule has 1 amide bonds. The van der Waals surface area contributed by atoms with Crippen LogP contribution in [0.15, 0.2) is 36.7 Å². The van der Waals surface area contributed by atoms with Crippen LogP contribution in [0.3, 0.4) is 0 Å². The number of carbonyl (C=O) groups excluding carboxylic acids is 1. The van der Waals surface area contributed by atoms with Crippen molar-refractivity contribution in [2.24, 2.45) is 0 Å². The van der Waals surface area contributed by atoms with E-state index in [9.17, 15) is 4.79 Å². The SMILES string of the molecule is COc1ccc(Cn2cc(C(=O)NC3CCNC3)cn2)cc1. The highest BCUT2D eigenvalue weighted by molar-refractivity contribution is 5.93. The minimum absolute atomic E-state index is 0.0605. The molecule has 1 atom stereocenters. The molecule has 2 N–H and O–H groups in total. The van der Waals surface area contributed by atoms with Crippen molar-refractivity contribution in [3.05, 3.63) is 47.8 Å². The van der Waals surface area contributed by atoms with Crippen LogP contribution in [0.4, 0.5) is 0 Å². The van der Waals surface area contributed by atoms with Crippen LogP contribution in [-0.2, 0) is 6.54 Å². The van der Waals surface area contributed by atoms with Gasteiger partial charge in [0.05, 0.1) is 25.4 Å². The average Bonchev–Trinajstić information content (AvgIpc) is 3.20. The first-order valence-corrected chi connectivity index (χ1v) is 7.41. The topological polar surface area (TPSA) is 68.2 Å². The number of amides is 1. The molecule has 1 aliphatic rings. The van der Waals surface area contributed by atoms with Gasteiger partial charge in [-0.25, -0.2) is 0 Å². The first-order chi connectivity index (χ1) is 10.7. The van der Waals surface area contributed by atoms with Gasteiger partial charge in [0, 0.05) is 18.8 Å². The molecule has 22 heavy (non-hydrogen) atoms. The van der Waals surface area contributed by atoms with Crippen LogP contribution < -0.4 is 15.4 Å². The van der Waals surface area contributed by atoms with Gasteiger partial charge in [-0.1, -0.05) is 12.1 Å². The molecule has 1 unspecified atom stereocenters. The van der Waals surface area contributed by atoms with E-state index < -0.39 is 0 Å². The lowest BCUT2D eigenvalue weighted by molar-refractivity contribution is 0.0940. The van der Waals surface area contributed by atoms with Crippen LogP contribution >= 0.6 is 0 Å². The molecule has 6 heteroatoms. The van der Waals surface area contributed by atoms with Crippen molar-refractivity contribution in [1.82, 2.24) is 20.4 Å². The lowest BCUT2D eigenvalue weighted by atomic mass is 10.2. The van der Waals surface area contributed by atoms with Crippen LogP contribution in [0.2, 0.25) is 0 Å². The lowest BCUT2D eigenvalue weighted by Gasteiger charge is -2.09. The standard InChI is InChI=1S/C16H20N4O2/c1-22-15-4-2-12(3-5-15)10-20-11-13(8-18-20)16(21)19-14-6-7-17-9-14/h2-5,8,11,14,17H,6-7,9-10H2,1H3,(H,19,21). The Bertz CT molecular complexity index is 630. The summed E-state index contributed by atoms with van der Waals surface area (Å²) < 4.78 is 6.91. The van der Waals surface area contributed by atoms with Crippen LogP contribution in [0.5, 0.6) is 5.75 Å². The summed E-state index contributed by atoms with van der Waals surface area (Å²) in [5, 5.41) is 10.5. The molecule has 1 aliphatic heterocycles. The first-order valence-electron chi connectivity index (χ1n) is 7.41. The number of methoxy groups -OCH3 is 1. The average molecular weight is 300 g/mol. The fourth-order valence-electron chi connectivity index (χ4n) is 2.53. The van der Waals surface area contributed by atoms with E-state index in [0.717, 1.165) is 30.8 Å². The summed E-state index contributed by atoms with van der Waals surface area (Å²) in [5.74, 6) is 0.768. The van der Waals surface area contributed by atoms with Gasteiger partial charge in [0.25, 0.3) is 5.91 Å². The zero-order valence-corrected chi connectivity index (χ0v) is 12.6. The molecule has 1 aromatic carbocycles. The van der Waals surface area contributed by atoms with Gasteiger partial charge < -0.3 is 15.4 Å². The second-order valence-electron chi connectivity index (χ2n) is 5.44. The predicted molar refractivity (Wildman–Crippen MR) is 83.1 cm³/mol. The molecular weight excluding hydrogens is 280 g/mol. The van der Waals surface area contributed by atoms with E-state index in [4.69, 9.17) is 4.74 Å².